The molecule has 2 unspecified atom stereocenters. The van der Waals surface area contributed by atoms with E-state index in [0.717, 1.165) is 154 Å². The van der Waals surface area contributed by atoms with Gasteiger partial charge in [0.15, 0.2) is 6.10 Å². The molecule has 2 atom stereocenters. The molecule has 3 N–H and O–H groups in total. The van der Waals surface area contributed by atoms with Crippen molar-refractivity contribution in [3.05, 3.63) is 207 Å². The van der Waals surface area contributed by atoms with Crippen LogP contribution in [-0.4, -0.2) is 49.3 Å². The van der Waals surface area contributed by atoms with Gasteiger partial charge >= 0.3 is 19.8 Å². The molecule has 0 amide bonds. The SMILES string of the molecule is CC/C=C\C/C=C\C/C=C\C/C=C\C/C=C\C/C=C\C/C=C\C/C=C\C/C=C\C/C=C\C/C=C\C/C=C\CCCCCCC(=O)OC(COC(=O)CCCCCCCCCCCCCCCCCCCCCCCCCCC/C=C\C/C=C\C/C=C\C/C=C\C/C=C\CC)COP(=O)(O)OCCN. The van der Waals surface area contributed by atoms with Gasteiger partial charge in [0.1, 0.15) is 6.61 Å². The number of carbonyl (C=O) groups is 2. The monoisotopic (exact) mass is 1440 g/mol. The van der Waals surface area contributed by atoms with Crippen LogP contribution in [0.15, 0.2) is 207 Å². The Hall–Kier alpha value is -5.41. The molecule has 0 bridgehead atoms. The predicted octanol–water partition coefficient (Wildman–Crippen LogP) is 28.5. The minimum Gasteiger partial charge on any atom is -0.462 e. The van der Waals surface area contributed by atoms with Gasteiger partial charge < -0.3 is 20.1 Å². The summed E-state index contributed by atoms with van der Waals surface area (Å²) in [6.07, 6.45) is 131. The fraction of sp³-hybridized carbons (Fsp3) is 0.613. The van der Waals surface area contributed by atoms with E-state index in [4.69, 9.17) is 24.3 Å². The van der Waals surface area contributed by atoms with E-state index in [1.807, 2.05) is 0 Å². The van der Waals surface area contributed by atoms with Crippen molar-refractivity contribution in [1.29, 1.82) is 0 Å². The summed E-state index contributed by atoms with van der Waals surface area (Å²) in [5, 5.41) is 0. The normalized spacial score (nSPS) is 13.9. The Labute approximate surface area is 633 Å². The predicted molar refractivity (Wildman–Crippen MR) is 449 cm³/mol. The van der Waals surface area contributed by atoms with E-state index in [-0.39, 0.29) is 38.6 Å². The van der Waals surface area contributed by atoms with E-state index in [2.05, 4.69) is 220 Å². The van der Waals surface area contributed by atoms with Gasteiger partial charge in [-0.25, -0.2) is 4.57 Å². The molecule has 0 spiro atoms. The van der Waals surface area contributed by atoms with E-state index in [9.17, 15) is 19.0 Å². The molecule has 0 aromatic rings. The lowest BCUT2D eigenvalue weighted by molar-refractivity contribution is -0.161. The van der Waals surface area contributed by atoms with E-state index in [1.54, 1.807) is 0 Å². The quantitative estimate of drug-likeness (QED) is 0.0264. The van der Waals surface area contributed by atoms with E-state index >= 15 is 0 Å². The molecule has 10 heteroatoms. The first-order chi connectivity index (χ1) is 50.8. The number of esters is 2. The number of hydrogen-bond donors (Lipinski definition) is 2. The van der Waals surface area contributed by atoms with Crippen LogP contribution in [0.4, 0.5) is 0 Å². The molecular formula is C93H152NO8P. The molecule has 0 rings (SSSR count). The van der Waals surface area contributed by atoms with Crippen molar-refractivity contribution in [2.24, 2.45) is 5.73 Å². The first-order valence-corrected chi connectivity index (χ1v) is 43.1. The molecule has 0 fully saturated rings. The number of rotatable bonds is 76. The maximum absolute atomic E-state index is 12.8. The third-order valence-electron chi connectivity index (χ3n) is 17.2. The number of ether oxygens (including phenoxy) is 2. The zero-order valence-electron chi connectivity index (χ0n) is 65.7. The van der Waals surface area contributed by atoms with Gasteiger partial charge in [0.2, 0.25) is 0 Å². The lowest BCUT2D eigenvalue weighted by atomic mass is 10.0. The fourth-order valence-electron chi connectivity index (χ4n) is 11.1. The van der Waals surface area contributed by atoms with Crippen molar-refractivity contribution in [3.8, 4) is 0 Å². The second-order valence-corrected chi connectivity index (χ2v) is 28.3. The molecule has 0 aliphatic rings. The first kappa shape index (κ1) is 97.6. The molecule has 0 saturated heterocycles. The van der Waals surface area contributed by atoms with Crippen LogP contribution in [-0.2, 0) is 32.7 Å². The van der Waals surface area contributed by atoms with Crippen LogP contribution in [0.1, 0.15) is 335 Å². The molecule has 582 valence electrons. The summed E-state index contributed by atoms with van der Waals surface area (Å²) in [4.78, 5) is 35.5. The van der Waals surface area contributed by atoms with Crippen LogP contribution in [0.5, 0.6) is 0 Å². The van der Waals surface area contributed by atoms with Crippen LogP contribution in [0.2, 0.25) is 0 Å². The zero-order valence-corrected chi connectivity index (χ0v) is 66.6. The summed E-state index contributed by atoms with van der Waals surface area (Å²) in [5.74, 6) is -0.858. The van der Waals surface area contributed by atoms with E-state index in [1.165, 1.54) is 148 Å². The van der Waals surface area contributed by atoms with Gasteiger partial charge in [0.25, 0.3) is 0 Å². The van der Waals surface area contributed by atoms with Crippen molar-refractivity contribution in [2.45, 2.75) is 341 Å². The Kier molecular flexibility index (Phi) is 81.0. The highest BCUT2D eigenvalue weighted by molar-refractivity contribution is 7.47. The smallest absolute Gasteiger partial charge is 0.462 e. The molecule has 103 heavy (non-hydrogen) atoms. The number of phosphoric ester groups is 1. The van der Waals surface area contributed by atoms with E-state index in [0.29, 0.717) is 6.42 Å². The summed E-state index contributed by atoms with van der Waals surface area (Å²) in [6, 6.07) is 0. The maximum Gasteiger partial charge on any atom is 0.472 e. The van der Waals surface area contributed by atoms with Crippen LogP contribution < -0.4 is 5.73 Å². The van der Waals surface area contributed by atoms with Gasteiger partial charge in [-0.1, -0.05) is 381 Å². The Morgan fingerprint density at radius 3 is 0.748 bits per heavy atom. The van der Waals surface area contributed by atoms with Crippen molar-refractivity contribution < 1.29 is 37.6 Å². The van der Waals surface area contributed by atoms with Crippen molar-refractivity contribution in [2.75, 3.05) is 26.4 Å². The van der Waals surface area contributed by atoms with Crippen LogP contribution in [0, 0.1) is 0 Å². The largest absolute Gasteiger partial charge is 0.472 e. The highest BCUT2D eigenvalue weighted by Crippen LogP contribution is 2.43. The molecule has 0 aliphatic heterocycles. The number of carbonyl (C=O) groups excluding carboxylic acids is 2. The molecule has 0 heterocycles. The zero-order chi connectivity index (χ0) is 74.3. The molecular weight excluding hydrogens is 1290 g/mol. The Bertz CT molecular complexity index is 2460. The first-order valence-electron chi connectivity index (χ1n) is 41.6. The second kappa shape index (κ2) is 85.5. The number of allylic oxidation sites excluding steroid dienone is 34. The molecule has 0 radical (unpaired) electrons. The summed E-state index contributed by atoms with van der Waals surface area (Å²) in [6.45, 7) is 3.49. The molecule has 0 aromatic heterocycles. The van der Waals surface area contributed by atoms with E-state index < -0.39 is 26.5 Å². The summed E-state index contributed by atoms with van der Waals surface area (Å²) >= 11 is 0. The van der Waals surface area contributed by atoms with Gasteiger partial charge in [0.05, 0.1) is 13.2 Å². The van der Waals surface area contributed by atoms with Crippen molar-refractivity contribution in [1.82, 2.24) is 0 Å². The number of phosphoric acid groups is 1. The molecule has 0 aliphatic carbocycles. The summed E-state index contributed by atoms with van der Waals surface area (Å²) in [7, 11) is -4.42. The van der Waals surface area contributed by atoms with Gasteiger partial charge in [-0.2, -0.15) is 0 Å². The van der Waals surface area contributed by atoms with Crippen LogP contribution in [0.3, 0.4) is 0 Å². The second-order valence-electron chi connectivity index (χ2n) is 26.9. The topological polar surface area (TPSA) is 134 Å². The lowest BCUT2D eigenvalue weighted by Gasteiger charge is -2.19. The summed E-state index contributed by atoms with van der Waals surface area (Å²) in [5.41, 5.74) is 5.41. The Balaban J connectivity index is 3.90. The lowest BCUT2D eigenvalue weighted by Crippen LogP contribution is -2.29. The van der Waals surface area contributed by atoms with Crippen molar-refractivity contribution in [3.63, 3.8) is 0 Å². The standard InChI is InChI=1S/C93H152NO8P/c1-3-5-7-9-11-13-15-17-19-21-23-25-27-29-31-33-35-37-39-41-43-45-47-49-51-53-55-57-59-61-63-65-67-69-71-73-75-77-79-81-83-85-92(95)99-89-91(90-101-103(97,98)100-88-87-94)102-93(96)86-84-82-80-78-76-74-72-70-68-66-64-62-60-58-56-54-52-50-48-46-44-42-40-38-36-34-32-30-28-26-24-22-20-18-16-14-12-10-8-6-4-2/h5-8,11-14,17-20,23-26,29-32,36,38,42,44,48,50,54,56,60,62,66,68,72,74,91H,3-4,9-10,15-16,21-22,27-28,33-35,37,39-41,43,45-47,49,51-53,55,57-59,61,63-65,67,69-71,73,75-90,94H2,1-2H3,(H,97,98)/b7-5-,8-6-,13-11-,14-12-,19-17-,20-18-,25-23-,26-24-,31-29-,32-30-,38-36-,44-42-,50-48-,56-54-,62-60-,68-66-,74-72-. The van der Waals surface area contributed by atoms with Gasteiger partial charge in [-0.05, 0) is 148 Å². The Morgan fingerprint density at radius 1 is 0.291 bits per heavy atom. The minimum atomic E-state index is -4.42. The number of hydrogen-bond acceptors (Lipinski definition) is 8. The van der Waals surface area contributed by atoms with Crippen LogP contribution in [0.25, 0.3) is 0 Å². The van der Waals surface area contributed by atoms with Gasteiger partial charge in [-0.3, -0.25) is 18.6 Å². The average molecular weight is 1440 g/mol. The highest BCUT2D eigenvalue weighted by atomic mass is 31.2. The molecule has 9 nitrogen and oxygen atoms in total. The maximum atomic E-state index is 12.8. The number of nitrogens with two attached hydrogens (primary N) is 1. The third kappa shape index (κ3) is 85.4. The van der Waals surface area contributed by atoms with Crippen LogP contribution >= 0.6 is 7.82 Å². The number of unbranched alkanes of at least 4 members (excludes halogenated alkanes) is 29. The molecule has 0 aromatic carbocycles. The average Bonchev–Trinajstić information content (AvgIpc) is 0.970. The van der Waals surface area contributed by atoms with Gasteiger partial charge in [-0.15, -0.1) is 0 Å². The fourth-order valence-corrected chi connectivity index (χ4v) is 11.9. The summed E-state index contributed by atoms with van der Waals surface area (Å²) < 4.78 is 33.2. The molecule has 0 saturated carbocycles. The van der Waals surface area contributed by atoms with Crippen molar-refractivity contribution >= 4 is 19.8 Å². The Morgan fingerprint density at radius 2 is 0.505 bits per heavy atom. The minimum absolute atomic E-state index is 0.0409. The highest BCUT2D eigenvalue weighted by Gasteiger charge is 2.26. The third-order valence-corrected chi connectivity index (χ3v) is 18.1. The van der Waals surface area contributed by atoms with Gasteiger partial charge in [0, 0.05) is 19.4 Å².